The highest BCUT2D eigenvalue weighted by atomic mass is 79.9. The van der Waals surface area contributed by atoms with E-state index in [2.05, 4.69) is 15.9 Å². The highest BCUT2D eigenvalue weighted by molar-refractivity contribution is 9.10. The van der Waals surface area contributed by atoms with E-state index in [9.17, 15) is 13.6 Å². The Morgan fingerprint density at radius 2 is 1.85 bits per heavy atom. The van der Waals surface area contributed by atoms with Crippen molar-refractivity contribution in [3.05, 3.63) is 69.7 Å². The molecule has 0 aliphatic heterocycles. The zero-order chi connectivity index (χ0) is 14.7. The van der Waals surface area contributed by atoms with Gasteiger partial charge in [-0.05, 0) is 40.2 Å². The minimum Gasteiger partial charge on any atom is -0.337 e. The Balaban J connectivity index is 2.16. The molecule has 0 fully saturated rings. The van der Waals surface area contributed by atoms with Crippen LogP contribution < -0.4 is 0 Å². The Labute approximate surface area is 124 Å². The van der Waals surface area contributed by atoms with Crippen LogP contribution in [-0.4, -0.2) is 17.9 Å². The van der Waals surface area contributed by atoms with Gasteiger partial charge in [-0.15, -0.1) is 0 Å². The van der Waals surface area contributed by atoms with Gasteiger partial charge in [0.05, 0.1) is 4.47 Å². The van der Waals surface area contributed by atoms with Gasteiger partial charge in [-0.25, -0.2) is 8.78 Å². The van der Waals surface area contributed by atoms with E-state index >= 15 is 0 Å². The first kappa shape index (κ1) is 14.7. The van der Waals surface area contributed by atoms with E-state index in [1.54, 1.807) is 25.2 Å². The van der Waals surface area contributed by atoms with Crippen LogP contribution in [0.5, 0.6) is 0 Å². The summed E-state index contributed by atoms with van der Waals surface area (Å²) in [6.45, 7) is 0.128. The summed E-state index contributed by atoms with van der Waals surface area (Å²) in [6.07, 6.45) is 0. The third-order valence-electron chi connectivity index (χ3n) is 2.88. The second kappa shape index (κ2) is 6.13. The summed E-state index contributed by atoms with van der Waals surface area (Å²) in [5.41, 5.74) is 0.644. The average Bonchev–Trinajstić information content (AvgIpc) is 2.43. The van der Waals surface area contributed by atoms with Gasteiger partial charge < -0.3 is 4.90 Å². The molecule has 2 aromatic rings. The van der Waals surface area contributed by atoms with E-state index in [1.165, 1.54) is 23.1 Å². The Hall–Kier alpha value is -1.75. The molecule has 0 aliphatic carbocycles. The van der Waals surface area contributed by atoms with Crippen molar-refractivity contribution in [3.63, 3.8) is 0 Å². The number of nitrogens with zero attached hydrogens (tertiary/aromatic N) is 1. The summed E-state index contributed by atoms with van der Waals surface area (Å²) in [7, 11) is 1.55. The molecular formula is C15H12BrF2NO. The smallest absolute Gasteiger partial charge is 0.254 e. The summed E-state index contributed by atoms with van der Waals surface area (Å²) in [4.78, 5) is 13.5. The number of amides is 1. The predicted molar refractivity (Wildman–Crippen MR) is 76.3 cm³/mol. The van der Waals surface area contributed by atoms with Crippen LogP contribution >= 0.6 is 15.9 Å². The number of carbonyl (C=O) groups is 1. The van der Waals surface area contributed by atoms with Crippen molar-refractivity contribution in [3.8, 4) is 0 Å². The van der Waals surface area contributed by atoms with Crippen molar-refractivity contribution in [2.24, 2.45) is 0 Å². The molecule has 0 atom stereocenters. The van der Waals surface area contributed by atoms with Crippen LogP contribution in [0.2, 0.25) is 0 Å². The van der Waals surface area contributed by atoms with Crippen molar-refractivity contribution in [2.75, 3.05) is 7.05 Å². The van der Waals surface area contributed by atoms with E-state index in [-0.39, 0.29) is 23.8 Å². The minimum atomic E-state index is -0.504. The van der Waals surface area contributed by atoms with Crippen LogP contribution in [0.1, 0.15) is 15.9 Å². The summed E-state index contributed by atoms with van der Waals surface area (Å²) < 4.78 is 27.2. The molecule has 0 spiro atoms. The fraction of sp³-hybridized carbons (Fsp3) is 0.133. The van der Waals surface area contributed by atoms with E-state index < -0.39 is 5.82 Å². The molecule has 5 heteroatoms. The predicted octanol–water partition coefficient (Wildman–Crippen LogP) is 4.00. The van der Waals surface area contributed by atoms with Gasteiger partial charge in [-0.1, -0.05) is 18.2 Å². The molecule has 0 aliphatic rings. The monoisotopic (exact) mass is 339 g/mol. The quantitative estimate of drug-likeness (QED) is 0.827. The number of hydrogen-bond acceptors (Lipinski definition) is 1. The molecule has 0 bridgehead atoms. The molecule has 20 heavy (non-hydrogen) atoms. The zero-order valence-corrected chi connectivity index (χ0v) is 12.3. The lowest BCUT2D eigenvalue weighted by atomic mass is 10.1. The molecule has 2 rings (SSSR count). The molecule has 0 unspecified atom stereocenters. The molecular weight excluding hydrogens is 328 g/mol. The fourth-order valence-corrected chi connectivity index (χ4v) is 2.05. The first-order valence-corrected chi connectivity index (χ1v) is 6.72. The van der Waals surface area contributed by atoms with Gasteiger partial charge in [-0.3, -0.25) is 4.79 Å². The zero-order valence-electron chi connectivity index (χ0n) is 10.7. The lowest BCUT2D eigenvalue weighted by Crippen LogP contribution is -2.26. The van der Waals surface area contributed by atoms with Crippen molar-refractivity contribution >= 4 is 21.8 Å². The van der Waals surface area contributed by atoms with Crippen molar-refractivity contribution < 1.29 is 13.6 Å². The highest BCUT2D eigenvalue weighted by Gasteiger charge is 2.15. The number of hydrogen-bond donors (Lipinski definition) is 0. The van der Waals surface area contributed by atoms with Crippen LogP contribution in [0.4, 0.5) is 8.78 Å². The second-order valence-corrected chi connectivity index (χ2v) is 5.24. The minimum absolute atomic E-state index is 0.128. The van der Waals surface area contributed by atoms with E-state index in [0.717, 1.165) is 6.07 Å². The molecule has 0 saturated carbocycles. The lowest BCUT2D eigenvalue weighted by Gasteiger charge is -2.18. The van der Waals surface area contributed by atoms with Crippen molar-refractivity contribution in [1.82, 2.24) is 4.90 Å². The Bertz CT molecular complexity index is 646. The fourth-order valence-electron chi connectivity index (χ4n) is 1.80. The molecule has 2 nitrogen and oxygen atoms in total. The first-order chi connectivity index (χ1) is 9.49. The van der Waals surface area contributed by atoms with E-state index in [0.29, 0.717) is 10.0 Å². The summed E-state index contributed by atoms with van der Waals surface area (Å²) >= 11 is 3.03. The standard InChI is InChI=1S/C15H12BrF2NO/c1-19(9-11-4-2-3-5-13(11)17)15(20)10-6-7-12(16)14(18)8-10/h2-8H,9H2,1H3. The maximum absolute atomic E-state index is 13.5. The van der Waals surface area contributed by atoms with Gasteiger partial charge in [0, 0.05) is 24.7 Å². The topological polar surface area (TPSA) is 20.3 Å². The van der Waals surface area contributed by atoms with Gasteiger partial charge in [0.2, 0.25) is 0 Å². The third kappa shape index (κ3) is 3.22. The molecule has 2 aromatic carbocycles. The SMILES string of the molecule is CN(Cc1ccccc1F)C(=O)c1ccc(Br)c(F)c1. The molecule has 0 radical (unpaired) electrons. The van der Waals surface area contributed by atoms with Gasteiger partial charge in [-0.2, -0.15) is 0 Å². The maximum Gasteiger partial charge on any atom is 0.254 e. The number of carbonyl (C=O) groups excluding carboxylic acids is 1. The third-order valence-corrected chi connectivity index (χ3v) is 3.52. The Kier molecular flexibility index (Phi) is 4.49. The lowest BCUT2D eigenvalue weighted by molar-refractivity contribution is 0.0783. The second-order valence-electron chi connectivity index (χ2n) is 4.38. The van der Waals surface area contributed by atoms with Gasteiger partial charge in [0.1, 0.15) is 11.6 Å². The van der Waals surface area contributed by atoms with E-state index in [4.69, 9.17) is 0 Å². The van der Waals surface area contributed by atoms with Crippen molar-refractivity contribution in [2.45, 2.75) is 6.54 Å². The van der Waals surface area contributed by atoms with Crippen LogP contribution in [0.3, 0.4) is 0 Å². The Morgan fingerprint density at radius 3 is 2.50 bits per heavy atom. The van der Waals surface area contributed by atoms with Crippen LogP contribution in [0.15, 0.2) is 46.9 Å². The molecule has 0 saturated heterocycles. The summed E-state index contributed by atoms with van der Waals surface area (Å²) in [5.74, 6) is -1.23. The summed E-state index contributed by atoms with van der Waals surface area (Å²) in [5, 5.41) is 0. The van der Waals surface area contributed by atoms with E-state index in [1.807, 2.05) is 0 Å². The van der Waals surface area contributed by atoms with Crippen LogP contribution in [-0.2, 0) is 6.54 Å². The normalized spacial score (nSPS) is 10.4. The number of benzene rings is 2. The highest BCUT2D eigenvalue weighted by Crippen LogP contribution is 2.18. The number of rotatable bonds is 3. The first-order valence-electron chi connectivity index (χ1n) is 5.93. The number of halogens is 3. The largest absolute Gasteiger partial charge is 0.337 e. The maximum atomic E-state index is 13.5. The average molecular weight is 340 g/mol. The molecule has 1 amide bonds. The molecule has 0 heterocycles. The molecule has 0 N–H and O–H groups in total. The van der Waals surface area contributed by atoms with Gasteiger partial charge in [0.15, 0.2) is 0 Å². The summed E-state index contributed by atoms with van der Waals surface area (Å²) in [6, 6.07) is 10.4. The van der Waals surface area contributed by atoms with Crippen molar-refractivity contribution in [1.29, 1.82) is 0 Å². The van der Waals surface area contributed by atoms with Gasteiger partial charge in [0.25, 0.3) is 5.91 Å². The van der Waals surface area contributed by atoms with Gasteiger partial charge >= 0.3 is 0 Å². The molecule has 104 valence electrons. The van der Waals surface area contributed by atoms with Crippen LogP contribution in [0, 0.1) is 11.6 Å². The van der Waals surface area contributed by atoms with Crippen LogP contribution in [0.25, 0.3) is 0 Å². The molecule has 0 aromatic heterocycles. The Morgan fingerprint density at radius 1 is 1.15 bits per heavy atom.